The zero-order chi connectivity index (χ0) is 17.2. The molecule has 1 aromatic carbocycles. The maximum absolute atomic E-state index is 12.1. The molecular formula is C18H15N3O4. The highest BCUT2D eigenvalue weighted by atomic mass is 16.7. The average molecular weight is 337 g/mol. The lowest BCUT2D eigenvalue weighted by molar-refractivity contribution is -0.111. The Morgan fingerprint density at radius 1 is 1.24 bits per heavy atom. The third-order valence-corrected chi connectivity index (χ3v) is 3.73. The van der Waals surface area contributed by atoms with Gasteiger partial charge in [0.15, 0.2) is 11.5 Å². The first-order valence-corrected chi connectivity index (χ1v) is 7.68. The SMILES string of the molecule is Cc1ccc(C=CC(=O)Nc2[nH]ncc2-c2ccc3c(c2)OCO3)o1. The fourth-order valence-electron chi connectivity index (χ4n) is 2.53. The number of fused-ring (bicyclic) bond motifs is 1. The Morgan fingerprint density at radius 3 is 2.96 bits per heavy atom. The van der Waals surface area contributed by atoms with Crippen molar-refractivity contribution in [3.05, 3.63) is 54.1 Å². The van der Waals surface area contributed by atoms with E-state index in [0.29, 0.717) is 23.1 Å². The van der Waals surface area contributed by atoms with Crippen LogP contribution in [0.5, 0.6) is 11.5 Å². The molecule has 0 saturated heterocycles. The van der Waals surface area contributed by atoms with Crippen molar-refractivity contribution in [3.63, 3.8) is 0 Å². The molecule has 0 unspecified atom stereocenters. The monoisotopic (exact) mass is 337 g/mol. The maximum Gasteiger partial charge on any atom is 0.249 e. The number of aryl methyl sites for hydroxylation is 1. The van der Waals surface area contributed by atoms with E-state index in [0.717, 1.165) is 16.9 Å². The number of nitrogens with one attached hydrogen (secondary N) is 2. The Morgan fingerprint density at radius 2 is 2.12 bits per heavy atom. The molecule has 7 heteroatoms. The van der Waals surface area contributed by atoms with Gasteiger partial charge in [-0.25, -0.2) is 0 Å². The molecule has 25 heavy (non-hydrogen) atoms. The van der Waals surface area contributed by atoms with Crippen molar-refractivity contribution in [1.82, 2.24) is 10.2 Å². The quantitative estimate of drug-likeness (QED) is 0.713. The Labute approximate surface area is 143 Å². The van der Waals surface area contributed by atoms with Crippen LogP contribution in [-0.4, -0.2) is 22.9 Å². The van der Waals surface area contributed by atoms with Gasteiger partial charge in [-0.2, -0.15) is 5.10 Å². The number of carbonyl (C=O) groups excluding carboxylic acids is 1. The van der Waals surface area contributed by atoms with E-state index < -0.39 is 0 Å². The predicted molar refractivity (Wildman–Crippen MR) is 91.3 cm³/mol. The molecule has 0 spiro atoms. The number of amides is 1. The Bertz CT molecular complexity index is 955. The number of carbonyl (C=O) groups is 1. The Balaban J connectivity index is 1.51. The van der Waals surface area contributed by atoms with E-state index in [1.165, 1.54) is 6.08 Å². The molecular weight excluding hydrogens is 322 g/mol. The van der Waals surface area contributed by atoms with Gasteiger partial charge in [-0.1, -0.05) is 6.07 Å². The van der Waals surface area contributed by atoms with Crippen LogP contribution in [0.2, 0.25) is 0 Å². The lowest BCUT2D eigenvalue weighted by Gasteiger charge is -2.05. The summed E-state index contributed by atoms with van der Waals surface area (Å²) in [5.41, 5.74) is 1.62. The van der Waals surface area contributed by atoms with E-state index in [2.05, 4.69) is 15.5 Å². The van der Waals surface area contributed by atoms with Gasteiger partial charge in [0.05, 0.1) is 6.20 Å². The van der Waals surface area contributed by atoms with Crippen molar-refractivity contribution in [2.75, 3.05) is 12.1 Å². The zero-order valence-electron chi connectivity index (χ0n) is 13.4. The van der Waals surface area contributed by atoms with Gasteiger partial charge in [0, 0.05) is 11.6 Å². The molecule has 3 aromatic rings. The summed E-state index contributed by atoms with van der Waals surface area (Å²) in [5, 5.41) is 9.58. The van der Waals surface area contributed by atoms with Crippen LogP contribution in [0, 0.1) is 6.92 Å². The molecule has 0 aliphatic carbocycles. The summed E-state index contributed by atoms with van der Waals surface area (Å²) < 4.78 is 16.1. The highest BCUT2D eigenvalue weighted by Crippen LogP contribution is 2.37. The third-order valence-electron chi connectivity index (χ3n) is 3.73. The molecule has 0 saturated carbocycles. The number of aromatic nitrogens is 2. The number of hydrogen-bond donors (Lipinski definition) is 2. The van der Waals surface area contributed by atoms with Gasteiger partial charge in [0.1, 0.15) is 17.3 Å². The highest BCUT2D eigenvalue weighted by molar-refractivity contribution is 6.03. The lowest BCUT2D eigenvalue weighted by Crippen LogP contribution is -2.08. The normalized spacial score (nSPS) is 12.7. The van der Waals surface area contributed by atoms with Gasteiger partial charge in [-0.05, 0) is 42.8 Å². The highest BCUT2D eigenvalue weighted by Gasteiger charge is 2.16. The van der Waals surface area contributed by atoms with Crippen molar-refractivity contribution in [2.45, 2.75) is 6.92 Å². The largest absolute Gasteiger partial charge is 0.462 e. The van der Waals surface area contributed by atoms with Crippen LogP contribution < -0.4 is 14.8 Å². The van der Waals surface area contributed by atoms with E-state index in [1.54, 1.807) is 18.3 Å². The molecule has 2 aromatic heterocycles. The van der Waals surface area contributed by atoms with Crippen LogP contribution in [0.1, 0.15) is 11.5 Å². The standard InChI is InChI=1S/C18H15N3O4/c1-11-2-4-13(25-11)5-7-17(22)20-18-14(9-19-21-18)12-3-6-15-16(8-12)24-10-23-15/h2-9H,10H2,1H3,(H2,19,20,21,22). The summed E-state index contributed by atoms with van der Waals surface area (Å²) in [5.74, 6) is 3.00. The minimum atomic E-state index is -0.291. The number of benzene rings is 1. The minimum absolute atomic E-state index is 0.213. The zero-order valence-corrected chi connectivity index (χ0v) is 13.4. The minimum Gasteiger partial charge on any atom is -0.462 e. The summed E-state index contributed by atoms with van der Waals surface area (Å²) in [6.07, 6.45) is 4.66. The van der Waals surface area contributed by atoms with Gasteiger partial charge >= 0.3 is 0 Å². The van der Waals surface area contributed by atoms with Gasteiger partial charge in [0.25, 0.3) is 0 Å². The number of ether oxygens (including phenoxy) is 2. The molecule has 1 aliphatic rings. The first-order valence-electron chi connectivity index (χ1n) is 7.68. The molecule has 3 heterocycles. The molecule has 126 valence electrons. The third kappa shape index (κ3) is 3.12. The van der Waals surface area contributed by atoms with Crippen LogP contribution in [0.25, 0.3) is 17.2 Å². The van der Waals surface area contributed by atoms with Gasteiger partial charge in [0.2, 0.25) is 12.7 Å². The molecule has 1 amide bonds. The molecule has 2 N–H and O–H groups in total. The lowest BCUT2D eigenvalue weighted by atomic mass is 10.1. The molecule has 0 atom stereocenters. The van der Waals surface area contributed by atoms with E-state index in [9.17, 15) is 4.79 Å². The van der Waals surface area contributed by atoms with Crippen molar-refractivity contribution < 1.29 is 18.7 Å². The fraction of sp³-hybridized carbons (Fsp3) is 0.111. The van der Waals surface area contributed by atoms with E-state index in [1.807, 2.05) is 31.2 Å². The molecule has 1 aliphatic heterocycles. The van der Waals surface area contributed by atoms with E-state index in [-0.39, 0.29) is 12.7 Å². The fourth-order valence-corrected chi connectivity index (χ4v) is 2.53. The number of hydrogen-bond acceptors (Lipinski definition) is 5. The summed E-state index contributed by atoms with van der Waals surface area (Å²) in [4.78, 5) is 12.1. The van der Waals surface area contributed by atoms with Crippen LogP contribution in [0.15, 0.2) is 47.0 Å². The number of rotatable bonds is 4. The first-order chi connectivity index (χ1) is 12.2. The number of anilines is 1. The Kier molecular flexibility index (Phi) is 3.74. The van der Waals surface area contributed by atoms with Crippen molar-refractivity contribution in [3.8, 4) is 22.6 Å². The number of H-pyrrole nitrogens is 1. The number of nitrogens with zero attached hydrogens (tertiary/aromatic N) is 1. The predicted octanol–water partition coefficient (Wildman–Crippen LogP) is 3.36. The van der Waals surface area contributed by atoms with Crippen molar-refractivity contribution in [2.24, 2.45) is 0 Å². The van der Waals surface area contributed by atoms with E-state index >= 15 is 0 Å². The van der Waals surface area contributed by atoms with Gasteiger partial charge in [-0.15, -0.1) is 0 Å². The molecule has 4 rings (SSSR count). The molecule has 0 bridgehead atoms. The van der Waals surface area contributed by atoms with Crippen LogP contribution in [-0.2, 0) is 4.79 Å². The first kappa shape index (κ1) is 15.1. The summed E-state index contributed by atoms with van der Waals surface area (Å²) in [6, 6.07) is 9.20. The summed E-state index contributed by atoms with van der Waals surface area (Å²) in [7, 11) is 0. The second kappa shape index (κ2) is 6.20. The summed E-state index contributed by atoms with van der Waals surface area (Å²) in [6.45, 7) is 2.06. The van der Waals surface area contributed by atoms with Crippen LogP contribution in [0.4, 0.5) is 5.82 Å². The smallest absolute Gasteiger partial charge is 0.249 e. The second-order valence-corrected chi connectivity index (χ2v) is 5.50. The summed E-state index contributed by atoms with van der Waals surface area (Å²) >= 11 is 0. The maximum atomic E-state index is 12.1. The average Bonchev–Trinajstić information content (AvgIpc) is 3.32. The molecule has 0 fully saturated rings. The number of aromatic amines is 1. The van der Waals surface area contributed by atoms with Crippen LogP contribution >= 0.6 is 0 Å². The topological polar surface area (TPSA) is 89.4 Å². The molecule has 7 nitrogen and oxygen atoms in total. The van der Waals surface area contributed by atoms with Crippen molar-refractivity contribution >= 4 is 17.8 Å². The van der Waals surface area contributed by atoms with Crippen LogP contribution in [0.3, 0.4) is 0 Å². The van der Waals surface area contributed by atoms with Gasteiger partial charge < -0.3 is 19.2 Å². The molecule has 0 radical (unpaired) electrons. The van der Waals surface area contributed by atoms with Crippen molar-refractivity contribution in [1.29, 1.82) is 0 Å². The van der Waals surface area contributed by atoms with E-state index in [4.69, 9.17) is 13.9 Å². The Hall–Kier alpha value is -3.48. The second-order valence-electron chi connectivity index (χ2n) is 5.50. The van der Waals surface area contributed by atoms with Gasteiger partial charge in [-0.3, -0.25) is 9.89 Å². The number of furan rings is 1.